The van der Waals surface area contributed by atoms with Crippen LogP contribution in [0.15, 0.2) is 22.8 Å². The van der Waals surface area contributed by atoms with Crippen molar-refractivity contribution in [3.05, 3.63) is 24.2 Å². The van der Waals surface area contributed by atoms with Crippen molar-refractivity contribution >= 4 is 5.91 Å². The third-order valence-corrected chi connectivity index (χ3v) is 1.40. The van der Waals surface area contributed by atoms with Crippen molar-refractivity contribution in [3.63, 3.8) is 0 Å². The Hall–Kier alpha value is -1.29. The van der Waals surface area contributed by atoms with Crippen LogP contribution in [0.3, 0.4) is 0 Å². The molecule has 1 atom stereocenters. The first-order valence-corrected chi connectivity index (χ1v) is 3.68. The van der Waals surface area contributed by atoms with Gasteiger partial charge in [-0.3, -0.25) is 4.79 Å². The van der Waals surface area contributed by atoms with Crippen molar-refractivity contribution in [2.24, 2.45) is 0 Å². The SMILES string of the molecule is C[C@@H](O)C(=O)NCc1ccco1. The van der Waals surface area contributed by atoms with Gasteiger partial charge in [0.1, 0.15) is 11.9 Å². The molecule has 0 saturated carbocycles. The highest BCUT2D eigenvalue weighted by Gasteiger charge is 2.07. The first-order valence-electron chi connectivity index (χ1n) is 3.68. The highest BCUT2D eigenvalue weighted by Crippen LogP contribution is 1.98. The van der Waals surface area contributed by atoms with Crippen molar-refractivity contribution in [2.45, 2.75) is 19.6 Å². The second-order valence-corrected chi connectivity index (χ2v) is 2.47. The number of amides is 1. The van der Waals surface area contributed by atoms with Gasteiger partial charge in [0.2, 0.25) is 5.91 Å². The number of aliphatic hydroxyl groups excluding tert-OH is 1. The molecule has 66 valence electrons. The van der Waals surface area contributed by atoms with Crippen molar-refractivity contribution in [1.82, 2.24) is 5.32 Å². The Morgan fingerprint density at radius 1 is 1.83 bits per heavy atom. The second kappa shape index (κ2) is 3.92. The van der Waals surface area contributed by atoms with Crippen LogP contribution < -0.4 is 5.32 Å². The fraction of sp³-hybridized carbons (Fsp3) is 0.375. The summed E-state index contributed by atoms with van der Waals surface area (Å²) in [6.45, 7) is 1.73. The molecule has 0 saturated heterocycles. The third-order valence-electron chi connectivity index (χ3n) is 1.40. The van der Waals surface area contributed by atoms with Gasteiger partial charge >= 0.3 is 0 Å². The number of rotatable bonds is 3. The molecule has 0 bridgehead atoms. The number of carbonyl (C=O) groups is 1. The van der Waals surface area contributed by atoms with Crippen LogP contribution in [-0.4, -0.2) is 17.1 Å². The summed E-state index contributed by atoms with van der Waals surface area (Å²) in [6.07, 6.45) is 0.559. The van der Waals surface area contributed by atoms with Crippen LogP contribution in [0.2, 0.25) is 0 Å². The van der Waals surface area contributed by atoms with Gasteiger partial charge in [-0.15, -0.1) is 0 Å². The molecule has 12 heavy (non-hydrogen) atoms. The van der Waals surface area contributed by atoms with E-state index in [1.54, 1.807) is 12.1 Å². The summed E-state index contributed by atoms with van der Waals surface area (Å²) in [7, 11) is 0. The monoisotopic (exact) mass is 169 g/mol. The number of hydrogen-bond donors (Lipinski definition) is 2. The maximum absolute atomic E-state index is 10.8. The molecule has 1 aromatic heterocycles. The molecule has 0 radical (unpaired) electrons. The molecule has 0 spiro atoms. The maximum atomic E-state index is 10.8. The molecule has 0 aliphatic heterocycles. The van der Waals surface area contributed by atoms with Crippen molar-refractivity contribution in [2.75, 3.05) is 0 Å². The maximum Gasteiger partial charge on any atom is 0.248 e. The molecule has 2 N–H and O–H groups in total. The minimum absolute atomic E-state index is 0.316. The molecule has 4 nitrogen and oxygen atoms in total. The number of hydrogen-bond acceptors (Lipinski definition) is 3. The fourth-order valence-electron chi connectivity index (χ4n) is 0.735. The normalized spacial score (nSPS) is 12.5. The molecule has 0 aromatic carbocycles. The Morgan fingerprint density at radius 2 is 2.58 bits per heavy atom. The van der Waals surface area contributed by atoms with Crippen LogP contribution >= 0.6 is 0 Å². The van der Waals surface area contributed by atoms with Gasteiger partial charge < -0.3 is 14.8 Å². The average molecular weight is 169 g/mol. The predicted octanol–water partition coefficient (Wildman–Crippen LogP) is 0.277. The van der Waals surface area contributed by atoms with Gasteiger partial charge in [-0.05, 0) is 19.1 Å². The summed E-state index contributed by atoms with van der Waals surface area (Å²) in [4.78, 5) is 10.8. The number of aliphatic hydroxyl groups is 1. The Kier molecular flexibility index (Phi) is 2.88. The molecule has 1 amide bonds. The second-order valence-electron chi connectivity index (χ2n) is 2.47. The van der Waals surface area contributed by atoms with Gasteiger partial charge in [0.25, 0.3) is 0 Å². The molecule has 0 aliphatic rings. The molecule has 1 heterocycles. The van der Waals surface area contributed by atoms with E-state index < -0.39 is 12.0 Å². The van der Waals surface area contributed by atoms with Gasteiger partial charge in [0, 0.05) is 0 Å². The Bertz CT molecular complexity index is 241. The highest BCUT2D eigenvalue weighted by molar-refractivity contribution is 5.79. The molecule has 0 unspecified atom stereocenters. The van der Waals surface area contributed by atoms with Gasteiger partial charge in [-0.25, -0.2) is 0 Å². The highest BCUT2D eigenvalue weighted by atomic mass is 16.3. The van der Waals surface area contributed by atoms with Crippen molar-refractivity contribution in [3.8, 4) is 0 Å². The lowest BCUT2D eigenvalue weighted by molar-refractivity contribution is -0.128. The zero-order valence-electron chi connectivity index (χ0n) is 6.78. The lowest BCUT2D eigenvalue weighted by Gasteiger charge is -2.04. The number of furan rings is 1. The summed E-state index contributed by atoms with van der Waals surface area (Å²) in [6, 6.07) is 3.49. The molecule has 0 aliphatic carbocycles. The van der Waals surface area contributed by atoms with Crippen LogP contribution in [0.25, 0.3) is 0 Å². The molecule has 4 heteroatoms. The van der Waals surface area contributed by atoms with Crippen LogP contribution in [-0.2, 0) is 11.3 Å². The van der Waals surface area contributed by atoms with E-state index in [1.165, 1.54) is 13.2 Å². The zero-order chi connectivity index (χ0) is 8.97. The topological polar surface area (TPSA) is 62.5 Å². The quantitative estimate of drug-likeness (QED) is 0.683. The molecular formula is C8H11NO3. The van der Waals surface area contributed by atoms with Crippen LogP contribution in [0.5, 0.6) is 0 Å². The van der Waals surface area contributed by atoms with Crippen molar-refractivity contribution in [1.29, 1.82) is 0 Å². The summed E-state index contributed by atoms with van der Waals surface area (Å²) < 4.78 is 4.97. The molecular weight excluding hydrogens is 158 g/mol. The lowest BCUT2D eigenvalue weighted by Crippen LogP contribution is -2.31. The van der Waals surface area contributed by atoms with E-state index in [0.717, 1.165) is 0 Å². The summed E-state index contributed by atoms with van der Waals surface area (Å²) in [5.74, 6) is 0.274. The average Bonchev–Trinajstić information content (AvgIpc) is 2.51. The zero-order valence-corrected chi connectivity index (χ0v) is 6.78. The first-order chi connectivity index (χ1) is 5.70. The Morgan fingerprint density at radius 3 is 3.08 bits per heavy atom. The van der Waals surface area contributed by atoms with Gasteiger partial charge in [0.05, 0.1) is 12.8 Å². The lowest BCUT2D eigenvalue weighted by atomic mass is 10.3. The minimum Gasteiger partial charge on any atom is -0.467 e. The standard InChI is InChI=1S/C8H11NO3/c1-6(10)8(11)9-5-7-3-2-4-12-7/h2-4,6,10H,5H2,1H3,(H,9,11)/t6-/m1/s1. The largest absolute Gasteiger partial charge is 0.467 e. The van der Waals surface area contributed by atoms with E-state index in [4.69, 9.17) is 9.52 Å². The summed E-state index contributed by atoms with van der Waals surface area (Å²) >= 11 is 0. The third kappa shape index (κ3) is 2.39. The van der Waals surface area contributed by atoms with E-state index in [0.29, 0.717) is 12.3 Å². The van der Waals surface area contributed by atoms with Crippen LogP contribution in [0.4, 0.5) is 0 Å². The number of nitrogens with one attached hydrogen (secondary N) is 1. The summed E-state index contributed by atoms with van der Waals surface area (Å²) in [5, 5.41) is 11.3. The molecule has 1 rings (SSSR count). The first kappa shape index (κ1) is 8.80. The Balaban J connectivity index is 2.32. The Labute approximate surface area is 70.2 Å². The van der Waals surface area contributed by atoms with E-state index >= 15 is 0 Å². The van der Waals surface area contributed by atoms with E-state index in [-0.39, 0.29) is 0 Å². The molecule has 0 fully saturated rings. The predicted molar refractivity (Wildman–Crippen MR) is 42.2 cm³/mol. The van der Waals surface area contributed by atoms with E-state index in [9.17, 15) is 4.79 Å². The van der Waals surface area contributed by atoms with Crippen LogP contribution in [0.1, 0.15) is 12.7 Å². The molecule has 1 aromatic rings. The van der Waals surface area contributed by atoms with Crippen LogP contribution in [0, 0.1) is 0 Å². The van der Waals surface area contributed by atoms with Gasteiger partial charge in [-0.2, -0.15) is 0 Å². The van der Waals surface area contributed by atoms with Gasteiger partial charge in [0.15, 0.2) is 0 Å². The minimum atomic E-state index is -0.972. The smallest absolute Gasteiger partial charge is 0.248 e. The van der Waals surface area contributed by atoms with E-state index in [2.05, 4.69) is 5.32 Å². The summed E-state index contributed by atoms with van der Waals surface area (Å²) in [5.41, 5.74) is 0. The number of carbonyl (C=O) groups excluding carboxylic acids is 1. The fourth-order valence-corrected chi connectivity index (χ4v) is 0.735. The van der Waals surface area contributed by atoms with Crippen molar-refractivity contribution < 1.29 is 14.3 Å². The van der Waals surface area contributed by atoms with E-state index in [1.807, 2.05) is 0 Å². The van der Waals surface area contributed by atoms with Gasteiger partial charge in [-0.1, -0.05) is 0 Å².